The molecular weight excluding hydrogens is 228 g/mol. The lowest BCUT2D eigenvalue weighted by Crippen LogP contribution is -2.41. The highest BCUT2D eigenvalue weighted by Crippen LogP contribution is 2.12. The summed E-state index contributed by atoms with van der Waals surface area (Å²) in [6, 6.07) is 7.47. The molecule has 0 fully saturated rings. The Morgan fingerprint density at radius 3 is 2.39 bits per heavy atom. The van der Waals surface area contributed by atoms with Crippen molar-refractivity contribution in [2.24, 2.45) is 11.7 Å². The maximum Gasteiger partial charge on any atom is 0.234 e. The van der Waals surface area contributed by atoms with Gasteiger partial charge in [0.2, 0.25) is 5.91 Å². The first-order valence-corrected chi connectivity index (χ1v) is 6.18. The van der Waals surface area contributed by atoms with Crippen LogP contribution in [0.2, 0.25) is 0 Å². The topological polar surface area (TPSA) is 64.3 Å². The molecule has 0 heterocycles. The van der Waals surface area contributed by atoms with Crippen LogP contribution in [0.4, 0.5) is 0 Å². The number of rotatable bonds is 7. The molecule has 0 aliphatic rings. The van der Waals surface area contributed by atoms with Crippen LogP contribution in [0.25, 0.3) is 0 Å². The molecule has 1 aromatic rings. The van der Waals surface area contributed by atoms with Crippen LogP contribution < -0.4 is 15.8 Å². The third-order valence-electron chi connectivity index (χ3n) is 2.76. The number of hydrogen-bond acceptors (Lipinski definition) is 3. The summed E-state index contributed by atoms with van der Waals surface area (Å²) < 4.78 is 5.09. The number of benzene rings is 1. The Morgan fingerprint density at radius 2 is 1.94 bits per heavy atom. The van der Waals surface area contributed by atoms with Gasteiger partial charge >= 0.3 is 0 Å². The molecule has 0 spiro atoms. The Kier molecular flexibility index (Phi) is 5.65. The number of carbonyl (C=O) groups is 1. The molecule has 4 heteroatoms. The van der Waals surface area contributed by atoms with Crippen LogP contribution in [0.1, 0.15) is 25.8 Å². The third-order valence-corrected chi connectivity index (χ3v) is 2.76. The zero-order valence-electron chi connectivity index (χ0n) is 11.3. The summed E-state index contributed by atoms with van der Waals surface area (Å²) in [5.41, 5.74) is 6.48. The van der Waals surface area contributed by atoms with Crippen molar-refractivity contribution in [3.8, 4) is 5.75 Å². The minimum Gasteiger partial charge on any atom is -0.497 e. The summed E-state index contributed by atoms with van der Waals surface area (Å²) in [5.74, 6) is 0.968. The predicted molar refractivity (Wildman–Crippen MR) is 72.3 cm³/mol. The largest absolute Gasteiger partial charge is 0.497 e. The van der Waals surface area contributed by atoms with E-state index >= 15 is 0 Å². The summed E-state index contributed by atoms with van der Waals surface area (Å²) >= 11 is 0. The Hall–Kier alpha value is -1.55. The van der Waals surface area contributed by atoms with Crippen molar-refractivity contribution in [2.75, 3.05) is 7.11 Å². The molecule has 18 heavy (non-hydrogen) atoms. The minimum absolute atomic E-state index is 0.271. The fraction of sp³-hybridized carbons (Fsp3) is 0.500. The lowest BCUT2D eigenvalue weighted by atomic mass is 10.0. The average Bonchev–Trinajstić information content (AvgIpc) is 2.34. The van der Waals surface area contributed by atoms with E-state index in [9.17, 15) is 4.79 Å². The second-order valence-electron chi connectivity index (χ2n) is 4.81. The molecular formula is C14H22N2O2. The molecule has 100 valence electrons. The number of amides is 1. The molecule has 1 atom stereocenters. The van der Waals surface area contributed by atoms with Crippen LogP contribution in [0.5, 0.6) is 5.75 Å². The highest BCUT2D eigenvalue weighted by molar-refractivity contribution is 5.79. The van der Waals surface area contributed by atoms with E-state index in [1.807, 2.05) is 24.3 Å². The molecule has 0 bridgehead atoms. The van der Waals surface area contributed by atoms with Crippen molar-refractivity contribution in [1.29, 1.82) is 0 Å². The van der Waals surface area contributed by atoms with Gasteiger partial charge in [-0.2, -0.15) is 0 Å². The number of nitrogens with one attached hydrogen (secondary N) is 1. The smallest absolute Gasteiger partial charge is 0.234 e. The zero-order valence-corrected chi connectivity index (χ0v) is 11.3. The van der Waals surface area contributed by atoms with Gasteiger partial charge in [0.15, 0.2) is 0 Å². The summed E-state index contributed by atoms with van der Waals surface area (Å²) in [6.07, 6.45) is 0.755. The van der Waals surface area contributed by atoms with Gasteiger partial charge in [0.05, 0.1) is 13.2 Å². The molecule has 1 amide bonds. The maximum absolute atomic E-state index is 11.3. The Bertz CT molecular complexity index is 374. The molecule has 1 rings (SSSR count). The lowest BCUT2D eigenvalue weighted by molar-refractivity contribution is -0.120. The van der Waals surface area contributed by atoms with Gasteiger partial charge in [0.1, 0.15) is 5.75 Å². The van der Waals surface area contributed by atoms with Gasteiger partial charge in [-0.05, 0) is 30.0 Å². The fourth-order valence-corrected chi connectivity index (χ4v) is 1.76. The van der Waals surface area contributed by atoms with Gasteiger partial charge in [-0.15, -0.1) is 0 Å². The second-order valence-corrected chi connectivity index (χ2v) is 4.81. The van der Waals surface area contributed by atoms with Gasteiger partial charge < -0.3 is 15.8 Å². The van der Waals surface area contributed by atoms with Gasteiger partial charge in [0.25, 0.3) is 0 Å². The minimum atomic E-state index is -0.294. The van der Waals surface area contributed by atoms with E-state index < -0.39 is 0 Å². The Morgan fingerprint density at radius 1 is 1.33 bits per heavy atom. The quantitative estimate of drug-likeness (QED) is 0.774. The van der Waals surface area contributed by atoms with Gasteiger partial charge in [0, 0.05) is 6.54 Å². The van der Waals surface area contributed by atoms with Crippen molar-refractivity contribution in [2.45, 2.75) is 32.9 Å². The van der Waals surface area contributed by atoms with Crippen LogP contribution in [0.3, 0.4) is 0 Å². The summed E-state index contributed by atoms with van der Waals surface area (Å²) in [4.78, 5) is 11.3. The molecule has 4 nitrogen and oxygen atoms in total. The van der Waals surface area contributed by atoms with Crippen molar-refractivity contribution in [1.82, 2.24) is 5.32 Å². The van der Waals surface area contributed by atoms with Crippen LogP contribution in [0.15, 0.2) is 24.3 Å². The highest BCUT2D eigenvalue weighted by Gasteiger charge is 2.15. The summed E-state index contributed by atoms with van der Waals surface area (Å²) in [6.45, 7) is 4.78. The number of ether oxygens (including phenoxy) is 1. The number of methoxy groups -OCH3 is 1. The van der Waals surface area contributed by atoms with E-state index in [-0.39, 0.29) is 11.9 Å². The lowest BCUT2D eigenvalue weighted by Gasteiger charge is -2.17. The van der Waals surface area contributed by atoms with Crippen LogP contribution in [-0.2, 0) is 11.3 Å². The SMILES string of the molecule is COc1ccc(CN[C@H](CC(C)C)C(N)=O)cc1. The van der Waals surface area contributed by atoms with E-state index in [0.29, 0.717) is 12.5 Å². The van der Waals surface area contributed by atoms with Crippen LogP contribution in [0, 0.1) is 5.92 Å². The first kappa shape index (κ1) is 14.5. The Balaban J connectivity index is 2.52. The van der Waals surface area contributed by atoms with E-state index in [1.165, 1.54) is 0 Å². The third kappa shape index (κ3) is 4.75. The number of primary amides is 1. The highest BCUT2D eigenvalue weighted by atomic mass is 16.5. The summed E-state index contributed by atoms with van der Waals surface area (Å²) in [5, 5.41) is 3.19. The first-order chi connectivity index (χ1) is 8.52. The van der Waals surface area contributed by atoms with Crippen molar-refractivity contribution < 1.29 is 9.53 Å². The van der Waals surface area contributed by atoms with Crippen molar-refractivity contribution in [3.63, 3.8) is 0 Å². The van der Waals surface area contributed by atoms with Gasteiger partial charge in [-0.25, -0.2) is 0 Å². The van der Waals surface area contributed by atoms with Gasteiger partial charge in [-0.3, -0.25) is 4.79 Å². The second kappa shape index (κ2) is 7.01. The van der Waals surface area contributed by atoms with Crippen LogP contribution >= 0.6 is 0 Å². The molecule has 0 saturated carbocycles. The Labute approximate surface area is 109 Å². The molecule has 3 N–H and O–H groups in total. The van der Waals surface area contributed by atoms with E-state index in [4.69, 9.17) is 10.5 Å². The maximum atomic E-state index is 11.3. The van der Waals surface area contributed by atoms with Crippen molar-refractivity contribution in [3.05, 3.63) is 29.8 Å². The number of nitrogens with two attached hydrogens (primary N) is 1. The molecule has 0 aromatic heterocycles. The van der Waals surface area contributed by atoms with E-state index in [0.717, 1.165) is 17.7 Å². The number of carbonyl (C=O) groups excluding carboxylic acids is 1. The monoisotopic (exact) mass is 250 g/mol. The van der Waals surface area contributed by atoms with Gasteiger partial charge in [-0.1, -0.05) is 26.0 Å². The normalized spacial score (nSPS) is 12.4. The molecule has 0 aliphatic heterocycles. The molecule has 0 unspecified atom stereocenters. The first-order valence-electron chi connectivity index (χ1n) is 6.18. The van der Waals surface area contributed by atoms with Crippen molar-refractivity contribution >= 4 is 5.91 Å². The number of hydrogen-bond donors (Lipinski definition) is 2. The predicted octanol–water partition coefficient (Wildman–Crippen LogP) is 1.68. The molecule has 0 aliphatic carbocycles. The average molecular weight is 250 g/mol. The molecule has 0 saturated heterocycles. The van der Waals surface area contributed by atoms with Crippen LogP contribution in [-0.4, -0.2) is 19.1 Å². The molecule has 1 aromatic carbocycles. The standard InChI is InChI=1S/C14H22N2O2/c1-10(2)8-13(14(15)17)16-9-11-4-6-12(18-3)7-5-11/h4-7,10,13,16H,8-9H2,1-3H3,(H2,15,17)/t13-/m1/s1. The zero-order chi connectivity index (χ0) is 13.5. The fourth-order valence-electron chi connectivity index (χ4n) is 1.76. The summed E-state index contributed by atoms with van der Waals surface area (Å²) in [7, 11) is 1.64. The molecule has 0 radical (unpaired) electrons. The van der Waals surface area contributed by atoms with E-state index in [2.05, 4.69) is 19.2 Å². The van der Waals surface area contributed by atoms with E-state index in [1.54, 1.807) is 7.11 Å².